The van der Waals surface area contributed by atoms with Gasteiger partial charge >= 0.3 is 12.3 Å². The van der Waals surface area contributed by atoms with Crippen molar-refractivity contribution in [1.82, 2.24) is 4.90 Å². The van der Waals surface area contributed by atoms with Crippen molar-refractivity contribution in [2.24, 2.45) is 0 Å². The van der Waals surface area contributed by atoms with Crippen LogP contribution in [0.5, 0.6) is 0 Å². The van der Waals surface area contributed by atoms with Crippen LogP contribution < -0.4 is 0 Å². The molecule has 0 atom stereocenters. The zero-order chi connectivity index (χ0) is 22.3. The Morgan fingerprint density at radius 1 is 1.21 bits per heavy atom. The van der Waals surface area contributed by atoms with Gasteiger partial charge in [-0.1, -0.05) is 32.9 Å². The Morgan fingerprint density at radius 2 is 1.76 bits per heavy atom. The highest BCUT2D eigenvalue weighted by Gasteiger charge is 2.43. The first-order chi connectivity index (χ1) is 13.1. The van der Waals surface area contributed by atoms with E-state index in [0.717, 1.165) is 11.0 Å². The van der Waals surface area contributed by atoms with E-state index in [1.54, 1.807) is 0 Å². The molecule has 1 aliphatic rings. The first-order valence-corrected chi connectivity index (χ1v) is 12.5. The van der Waals surface area contributed by atoms with Crippen LogP contribution in [0.3, 0.4) is 0 Å². The van der Waals surface area contributed by atoms with Crippen molar-refractivity contribution in [3.8, 4) is 0 Å². The zero-order valence-corrected chi connectivity index (χ0v) is 18.6. The second-order valence-corrected chi connectivity index (χ2v) is 14.0. The van der Waals surface area contributed by atoms with Gasteiger partial charge in [0.1, 0.15) is 0 Å². The van der Waals surface area contributed by atoms with Crippen molar-refractivity contribution in [2.45, 2.75) is 70.1 Å². The van der Waals surface area contributed by atoms with E-state index in [0.29, 0.717) is 0 Å². The van der Waals surface area contributed by atoms with E-state index in [4.69, 9.17) is 9.53 Å². The highest BCUT2D eigenvalue weighted by atomic mass is 28.4. The summed E-state index contributed by atoms with van der Waals surface area (Å²) in [5, 5.41) is 20.1. The molecule has 29 heavy (non-hydrogen) atoms. The number of rotatable bonds is 4. The third-order valence-electron chi connectivity index (χ3n) is 6.23. The largest absolute Gasteiger partial charge is 0.465 e. The molecular weight excluding hydrogens is 403 g/mol. The minimum Gasteiger partial charge on any atom is -0.465 e. The molecule has 0 aliphatic carbocycles. The zero-order valence-electron chi connectivity index (χ0n) is 17.6. The van der Waals surface area contributed by atoms with Gasteiger partial charge in [0.05, 0.1) is 17.8 Å². The fourth-order valence-corrected chi connectivity index (χ4v) is 4.19. The Labute approximate surface area is 170 Å². The van der Waals surface area contributed by atoms with Gasteiger partial charge in [-0.3, -0.25) is 0 Å². The quantitative estimate of drug-likeness (QED) is 0.641. The van der Waals surface area contributed by atoms with Gasteiger partial charge in [-0.25, -0.2) is 4.79 Å². The molecule has 0 aromatic heterocycles. The molecule has 2 N–H and O–H groups in total. The molecule has 0 saturated carbocycles. The van der Waals surface area contributed by atoms with Gasteiger partial charge in [-0.15, -0.1) is 0 Å². The maximum Gasteiger partial charge on any atom is 0.416 e. The number of hydrogen-bond acceptors (Lipinski definition) is 3. The number of alkyl halides is 3. The molecule has 2 rings (SSSR count). The summed E-state index contributed by atoms with van der Waals surface area (Å²) in [5.41, 5.74) is -2.23. The van der Waals surface area contributed by atoms with Gasteiger partial charge in [0.15, 0.2) is 8.32 Å². The van der Waals surface area contributed by atoms with Crippen molar-refractivity contribution in [2.75, 3.05) is 13.1 Å². The van der Waals surface area contributed by atoms with Crippen LogP contribution >= 0.6 is 0 Å². The number of carbonyl (C=O) groups is 1. The summed E-state index contributed by atoms with van der Waals surface area (Å²) >= 11 is 0. The van der Waals surface area contributed by atoms with Gasteiger partial charge in [-0.05, 0) is 48.2 Å². The van der Waals surface area contributed by atoms with Gasteiger partial charge < -0.3 is 19.5 Å². The number of benzene rings is 1. The Bertz CT molecular complexity index is 751. The molecule has 0 radical (unpaired) electrons. The second-order valence-electron chi connectivity index (χ2n) is 9.18. The van der Waals surface area contributed by atoms with Gasteiger partial charge in [0, 0.05) is 13.1 Å². The molecule has 1 amide bonds. The minimum atomic E-state index is -4.58. The lowest BCUT2D eigenvalue weighted by molar-refractivity contribution is -0.138. The Balaban J connectivity index is 2.44. The van der Waals surface area contributed by atoms with Crippen LogP contribution in [-0.2, 0) is 22.8 Å². The summed E-state index contributed by atoms with van der Waals surface area (Å²) in [6.07, 6.45) is -5.61. The van der Waals surface area contributed by atoms with Crippen LogP contribution in [0.1, 0.15) is 50.3 Å². The monoisotopic (exact) mass is 433 g/mol. The molecule has 1 aromatic carbocycles. The summed E-state index contributed by atoms with van der Waals surface area (Å²) in [6.45, 7) is 9.81. The molecule has 1 aromatic rings. The Morgan fingerprint density at radius 3 is 2.21 bits per heavy atom. The summed E-state index contributed by atoms with van der Waals surface area (Å²) < 4.78 is 47.3. The third-order valence-corrected chi connectivity index (χ3v) is 10.7. The number of nitrogens with zero attached hydrogens (tertiary/aromatic N) is 1. The molecule has 164 valence electrons. The molecule has 0 spiro atoms. The maximum absolute atomic E-state index is 13.7. The van der Waals surface area contributed by atoms with Crippen molar-refractivity contribution in [3.05, 3.63) is 34.9 Å². The molecular formula is C20H30F3NO4Si. The van der Waals surface area contributed by atoms with Crippen LogP contribution in [-0.4, -0.2) is 42.6 Å². The lowest BCUT2D eigenvalue weighted by atomic mass is 9.80. The molecule has 1 aliphatic heterocycles. The number of carboxylic acid groups (broad SMARTS) is 1. The average molecular weight is 434 g/mol. The normalized spacial score (nSPS) is 18.0. The molecule has 1 fully saturated rings. The lowest BCUT2D eigenvalue weighted by Crippen LogP contribution is -2.45. The fraction of sp³-hybridized carbons (Fsp3) is 0.650. The van der Waals surface area contributed by atoms with Gasteiger partial charge in [0.25, 0.3) is 0 Å². The van der Waals surface area contributed by atoms with Crippen molar-refractivity contribution >= 4 is 14.4 Å². The molecule has 1 heterocycles. The molecule has 5 nitrogen and oxygen atoms in total. The third kappa shape index (κ3) is 5.13. The number of piperidine rings is 1. The summed E-state index contributed by atoms with van der Waals surface area (Å²) in [5.74, 6) is 0. The SMILES string of the molecule is CC(C)(C)[Si](C)(C)OCc1c(C(F)(F)F)cccc1C1(O)CCN(C(=O)O)CC1. The highest BCUT2D eigenvalue weighted by Crippen LogP contribution is 2.42. The molecule has 0 unspecified atom stereocenters. The van der Waals surface area contributed by atoms with E-state index in [-0.39, 0.29) is 48.7 Å². The van der Waals surface area contributed by atoms with Crippen LogP contribution in [0.25, 0.3) is 0 Å². The summed E-state index contributed by atoms with van der Waals surface area (Å²) in [4.78, 5) is 12.3. The number of likely N-dealkylation sites (tertiary alicyclic amines) is 1. The first-order valence-electron chi connectivity index (χ1n) is 9.62. The van der Waals surface area contributed by atoms with E-state index in [1.165, 1.54) is 12.1 Å². The van der Waals surface area contributed by atoms with E-state index >= 15 is 0 Å². The predicted molar refractivity (Wildman–Crippen MR) is 106 cm³/mol. The number of aliphatic hydroxyl groups is 1. The average Bonchev–Trinajstić information content (AvgIpc) is 2.58. The number of hydrogen-bond donors (Lipinski definition) is 2. The standard InChI is InChI=1S/C20H30F3NO4Si/c1-18(2,3)29(4,5)28-13-14-15(7-6-8-16(14)20(21,22)23)19(27)9-11-24(12-10-19)17(25)26/h6-8,27H,9-13H2,1-5H3,(H,25,26). The molecule has 0 bridgehead atoms. The fourth-order valence-electron chi connectivity index (χ4n) is 3.25. The van der Waals surface area contributed by atoms with Crippen molar-refractivity contribution in [3.63, 3.8) is 0 Å². The van der Waals surface area contributed by atoms with E-state index < -0.39 is 31.8 Å². The Kier molecular flexibility index (Phi) is 6.47. The first kappa shape index (κ1) is 23.7. The van der Waals surface area contributed by atoms with Gasteiger partial charge in [-0.2, -0.15) is 13.2 Å². The topological polar surface area (TPSA) is 70.0 Å². The molecule has 1 saturated heterocycles. The summed E-state index contributed by atoms with van der Waals surface area (Å²) in [6, 6.07) is 3.79. The van der Waals surface area contributed by atoms with Gasteiger partial charge in [0.2, 0.25) is 0 Å². The Hall–Kier alpha value is -1.58. The van der Waals surface area contributed by atoms with Crippen molar-refractivity contribution in [1.29, 1.82) is 0 Å². The van der Waals surface area contributed by atoms with Crippen molar-refractivity contribution < 1.29 is 32.6 Å². The smallest absolute Gasteiger partial charge is 0.416 e. The molecule has 9 heteroatoms. The van der Waals surface area contributed by atoms with Crippen LogP contribution in [0.15, 0.2) is 18.2 Å². The minimum absolute atomic E-state index is 0.0354. The van der Waals surface area contributed by atoms with E-state index in [1.807, 2.05) is 33.9 Å². The second kappa shape index (κ2) is 7.92. The van der Waals surface area contributed by atoms with Crippen LogP contribution in [0, 0.1) is 0 Å². The van der Waals surface area contributed by atoms with E-state index in [9.17, 15) is 23.1 Å². The summed E-state index contributed by atoms with van der Waals surface area (Å²) in [7, 11) is -2.33. The van der Waals surface area contributed by atoms with Crippen LogP contribution in [0.2, 0.25) is 18.1 Å². The van der Waals surface area contributed by atoms with E-state index in [2.05, 4.69) is 0 Å². The van der Waals surface area contributed by atoms with Crippen LogP contribution in [0.4, 0.5) is 18.0 Å². The predicted octanol–water partition coefficient (Wildman–Crippen LogP) is 5.19. The highest BCUT2D eigenvalue weighted by molar-refractivity contribution is 6.74. The maximum atomic E-state index is 13.7. The lowest BCUT2D eigenvalue weighted by Gasteiger charge is -2.40. The number of halogens is 3. The number of amides is 1.